The molecule has 1 amide bonds. The SMILES string of the molecule is CNC1CCCN(C(=O)CCOc2cccc(C)c2)C1. The van der Waals surface area contributed by atoms with E-state index in [9.17, 15) is 4.79 Å². The van der Waals surface area contributed by atoms with Crippen LogP contribution < -0.4 is 10.1 Å². The lowest BCUT2D eigenvalue weighted by Crippen LogP contribution is -2.47. The van der Waals surface area contributed by atoms with Crippen LogP contribution in [0.4, 0.5) is 0 Å². The monoisotopic (exact) mass is 276 g/mol. The van der Waals surface area contributed by atoms with Crippen LogP contribution in [0.15, 0.2) is 24.3 Å². The Kier molecular flexibility index (Phi) is 5.41. The largest absolute Gasteiger partial charge is 0.493 e. The number of likely N-dealkylation sites (N-methyl/N-ethyl adjacent to an activating group) is 1. The molecule has 1 N–H and O–H groups in total. The van der Waals surface area contributed by atoms with E-state index in [1.54, 1.807) is 0 Å². The molecule has 1 saturated heterocycles. The molecule has 1 atom stereocenters. The van der Waals surface area contributed by atoms with E-state index in [2.05, 4.69) is 5.32 Å². The van der Waals surface area contributed by atoms with E-state index < -0.39 is 0 Å². The van der Waals surface area contributed by atoms with Gasteiger partial charge in [-0.2, -0.15) is 0 Å². The maximum atomic E-state index is 12.1. The standard InChI is InChI=1S/C16H24N2O2/c1-13-5-3-7-15(11-13)20-10-8-16(19)18-9-4-6-14(12-18)17-2/h3,5,7,11,14,17H,4,6,8-10,12H2,1-2H3. The number of amides is 1. The molecule has 1 aromatic carbocycles. The summed E-state index contributed by atoms with van der Waals surface area (Å²) >= 11 is 0. The first-order valence-corrected chi connectivity index (χ1v) is 7.33. The minimum Gasteiger partial charge on any atom is -0.493 e. The summed E-state index contributed by atoms with van der Waals surface area (Å²) in [5.74, 6) is 1.03. The zero-order valence-corrected chi connectivity index (χ0v) is 12.4. The molecule has 0 saturated carbocycles. The number of carbonyl (C=O) groups is 1. The van der Waals surface area contributed by atoms with E-state index in [4.69, 9.17) is 4.74 Å². The van der Waals surface area contributed by atoms with Crippen molar-refractivity contribution in [2.24, 2.45) is 0 Å². The Morgan fingerprint density at radius 2 is 2.35 bits per heavy atom. The predicted molar refractivity (Wildman–Crippen MR) is 80.0 cm³/mol. The van der Waals surface area contributed by atoms with Crippen molar-refractivity contribution in [3.05, 3.63) is 29.8 Å². The van der Waals surface area contributed by atoms with Gasteiger partial charge < -0.3 is 15.0 Å². The predicted octanol–water partition coefficient (Wildman–Crippen LogP) is 1.97. The summed E-state index contributed by atoms with van der Waals surface area (Å²) in [6.07, 6.45) is 2.68. The zero-order chi connectivity index (χ0) is 14.4. The minimum absolute atomic E-state index is 0.192. The van der Waals surface area contributed by atoms with Crippen LogP contribution in [0, 0.1) is 6.92 Å². The summed E-state index contributed by atoms with van der Waals surface area (Å²) < 4.78 is 5.64. The molecule has 1 fully saturated rings. The molecule has 1 unspecified atom stereocenters. The zero-order valence-electron chi connectivity index (χ0n) is 12.4. The maximum Gasteiger partial charge on any atom is 0.226 e. The maximum absolute atomic E-state index is 12.1. The van der Waals surface area contributed by atoms with Crippen LogP contribution in [-0.2, 0) is 4.79 Å². The summed E-state index contributed by atoms with van der Waals surface area (Å²) in [5, 5.41) is 3.25. The number of benzene rings is 1. The van der Waals surface area contributed by atoms with E-state index in [0.717, 1.165) is 31.7 Å². The molecule has 0 aliphatic carbocycles. The van der Waals surface area contributed by atoms with Gasteiger partial charge in [0.05, 0.1) is 13.0 Å². The van der Waals surface area contributed by atoms with Crippen LogP contribution in [0.1, 0.15) is 24.8 Å². The van der Waals surface area contributed by atoms with Gasteiger partial charge in [0.15, 0.2) is 0 Å². The first kappa shape index (κ1) is 14.9. The van der Waals surface area contributed by atoms with Gasteiger partial charge in [0.2, 0.25) is 5.91 Å². The summed E-state index contributed by atoms with van der Waals surface area (Å²) in [7, 11) is 1.96. The highest BCUT2D eigenvalue weighted by Crippen LogP contribution is 2.14. The lowest BCUT2D eigenvalue weighted by molar-refractivity contribution is -0.133. The van der Waals surface area contributed by atoms with Crippen LogP contribution in [0.3, 0.4) is 0 Å². The van der Waals surface area contributed by atoms with Crippen molar-refractivity contribution < 1.29 is 9.53 Å². The Morgan fingerprint density at radius 1 is 1.50 bits per heavy atom. The molecule has 0 bridgehead atoms. The van der Waals surface area contributed by atoms with Gasteiger partial charge >= 0.3 is 0 Å². The van der Waals surface area contributed by atoms with Gasteiger partial charge in [0.1, 0.15) is 5.75 Å². The summed E-state index contributed by atoms with van der Waals surface area (Å²) in [6.45, 7) is 4.17. The first-order chi connectivity index (χ1) is 9.69. The van der Waals surface area contributed by atoms with Crippen molar-refractivity contribution >= 4 is 5.91 Å². The Labute approximate surface area is 121 Å². The highest BCUT2D eigenvalue weighted by molar-refractivity contribution is 5.76. The number of nitrogens with one attached hydrogen (secondary N) is 1. The third-order valence-electron chi connectivity index (χ3n) is 3.76. The molecule has 0 spiro atoms. The van der Waals surface area contributed by atoms with Crippen molar-refractivity contribution in [1.82, 2.24) is 10.2 Å². The van der Waals surface area contributed by atoms with E-state index in [-0.39, 0.29) is 5.91 Å². The fourth-order valence-electron chi connectivity index (χ4n) is 2.56. The van der Waals surface area contributed by atoms with Crippen LogP contribution >= 0.6 is 0 Å². The Hall–Kier alpha value is -1.55. The third kappa shape index (κ3) is 4.23. The number of aryl methyl sites for hydroxylation is 1. The third-order valence-corrected chi connectivity index (χ3v) is 3.76. The van der Waals surface area contributed by atoms with Gasteiger partial charge in [-0.15, -0.1) is 0 Å². The number of likely N-dealkylation sites (tertiary alicyclic amines) is 1. The highest BCUT2D eigenvalue weighted by atomic mass is 16.5. The molecule has 0 radical (unpaired) electrons. The average molecular weight is 276 g/mol. The molecule has 110 valence electrons. The van der Waals surface area contributed by atoms with Gasteiger partial charge in [-0.05, 0) is 44.5 Å². The number of carbonyl (C=O) groups excluding carboxylic acids is 1. The minimum atomic E-state index is 0.192. The number of hydrogen-bond donors (Lipinski definition) is 1. The lowest BCUT2D eigenvalue weighted by atomic mass is 10.1. The Bertz CT molecular complexity index is 448. The topological polar surface area (TPSA) is 41.6 Å². The molecule has 20 heavy (non-hydrogen) atoms. The van der Waals surface area contributed by atoms with Crippen molar-refractivity contribution in [1.29, 1.82) is 0 Å². The van der Waals surface area contributed by atoms with Gasteiger partial charge in [0.25, 0.3) is 0 Å². The normalized spacial score (nSPS) is 18.9. The summed E-state index contributed by atoms with van der Waals surface area (Å²) in [6, 6.07) is 8.35. The Morgan fingerprint density at radius 3 is 3.10 bits per heavy atom. The molecule has 1 aliphatic rings. The number of nitrogens with zero attached hydrogens (tertiary/aromatic N) is 1. The number of ether oxygens (including phenoxy) is 1. The second-order valence-electron chi connectivity index (χ2n) is 5.38. The first-order valence-electron chi connectivity index (χ1n) is 7.33. The van der Waals surface area contributed by atoms with Crippen LogP contribution in [0.2, 0.25) is 0 Å². The smallest absolute Gasteiger partial charge is 0.226 e. The van der Waals surface area contributed by atoms with Gasteiger partial charge in [-0.25, -0.2) is 0 Å². The number of rotatable bonds is 5. The van der Waals surface area contributed by atoms with E-state index in [1.165, 1.54) is 5.56 Å². The molecular formula is C16H24N2O2. The fourth-order valence-corrected chi connectivity index (χ4v) is 2.56. The van der Waals surface area contributed by atoms with Crippen LogP contribution in [0.5, 0.6) is 5.75 Å². The highest BCUT2D eigenvalue weighted by Gasteiger charge is 2.22. The summed E-state index contributed by atoms with van der Waals surface area (Å²) in [5.41, 5.74) is 1.17. The van der Waals surface area contributed by atoms with Crippen LogP contribution in [0.25, 0.3) is 0 Å². The second kappa shape index (κ2) is 7.29. The number of hydrogen-bond acceptors (Lipinski definition) is 3. The van der Waals surface area contributed by atoms with Crippen LogP contribution in [-0.4, -0.2) is 43.6 Å². The van der Waals surface area contributed by atoms with Gasteiger partial charge in [0, 0.05) is 19.1 Å². The summed E-state index contributed by atoms with van der Waals surface area (Å²) in [4.78, 5) is 14.1. The molecule has 1 aliphatic heterocycles. The van der Waals surface area contributed by atoms with Gasteiger partial charge in [-0.3, -0.25) is 4.79 Å². The quantitative estimate of drug-likeness (QED) is 0.894. The van der Waals surface area contributed by atoms with Gasteiger partial charge in [-0.1, -0.05) is 12.1 Å². The molecule has 0 aromatic heterocycles. The molecule has 4 heteroatoms. The van der Waals surface area contributed by atoms with E-state index >= 15 is 0 Å². The molecular weight excluding hydrogens is 252 g/mol. The van der Waals surface area contributed by atoms with E-state index in [0.29, 0.717) is 19.1 Å². The van der Waals surface area contributed by atoms with Crippen molar-refractivity contribution in [3.8, 4) is 5.75 Å². The average Bonchev–Trinajstić information content (AvgIpc) is 2.47. The molecule has 1 aromatic rings. The Balaban J connectivity index is 1.75. The van der Waals surface area contributed by atoms with Crippen molar-refractivity contribution in [2.45, 2.75) is 32.2 Å². The molecule has 1 heterocycles. The van der Waals surface area contributed by atoms with E-state index in [1.807, 2.05) is 43.1 Å². The second-order valence-corrected chi connectivity index (χ2v) is 5.38. The number of piperidine rings is 1. The van der Waals surface area contributed by atoms with Crippen molar-refractivity contribution in [3.63, 3.8) is 0 Å². The lowest BCUT2D eigenvalue weighted by Gasteiger charge is -2.32. The van der Waals surface area contributed by atoms with Crippen molar-refractivity contribution in [2.75, 3.05) is 26.7 Å². The molecule has 4 nitrogen and oxygen atoms in total. The molecule has 2 rings (SSSR count). The fraction of sp³-hybridized carbons (Fsp3) is 0.562.